The summed E-state index contributed by atoms with van der Waals surface area (Å²) in [6.45, 7) is 2.82. The van der Waals surface area contributed by atoms with Gasteiger partial charge in [0.2, 0.25) is 0 Å². The highest BCUT2D eigenvalue weighted by atomic mass is 35.5. The van der Waals surface area contributed by atoms with E-state index < -0.39 is 27.7 Å². The number of hydrogen-bond donors (Lipinski definition) is 0. The molecule has 0 amide bonds. The van der Waals surface area contributed by atoms with Gasteiger partial charge >= 0.3 is 6.18 Å². The number of likely N-dealkylation sites (tertiary alicyclic amines) is 1. The highest BCUT2D eigenvalue weighted by molar-refractivity contribution is 7.90. The molecular weight excluding hydrogens is 399 g/mol. The summed E-state index contributed by atoms with van der Waals surface area (Å²) in [5, 5.41) is 0. The van der Waals surface area contributed by atoms with Crippen LogP contribution in [0.2, 0.25) is 0 Å². The lowest BCUT2D eigenvalue weighted by atomic mass is 9.92. The van der Waals surface area contributed by atoms with Crippen molar-refractivity contribution in [3.8, 4) is 0 Å². The van der Waals surface area contributed by atoms with Gasteiger partial charge in [0.25, 0.3) is 0 Å². The molecule has 2 aliphatic rings. The van der Waals surface area contributed by atoms with Gasteiger partial charge in [0.05, 0.1) is 11.7 Å². The maximum Gasteiger partial charge on any atom is 0.396 e. The molecule has 1 saturated heterocycles. The van der Waals surface area contributed by atoms with Crippen LogP contribution in [0.3, 0.4) is 0 Å². The lowest BCUT2D eigenvalue weighted by molar-refractivity contribution is -0.145. The standard InChI is InChI=1S/C19H26F3NO2S.ClH/c1-26(24,25)13-18(19(20,21)22)17-4-2-14(3-5-17)12-23-10-8-16(9-11-23)15-6-7-15;/h2-5,15-16,18H,6-13H2,1H3;1H/t18-;/m0./s1. The second-order valence-electron chi connectivity index (χ2n) is 7.88. The number of rotatable bonds is 6. The molecule has 1 saturated carbocycles. The van der Waals surface area contributed by atoms with Crippen molar-refractivity contribution in [2.75, 3.05) is 25.1 Å². The molecule has 0 aromatic heterocycles. The Morgan fingerprint density at radius 2 is 1.56 bits per heavy atom. The van der Waals surface area contributed by atoms with E-state index in [1.807, 2.05) is 0 Å². The van der Waals surface area contributed by atoms with E-state index in [9.17, 15) is 21.6 Å². The molecule has 1 aliphatic carbocycles. The largest absolute Gasteiger partial charge is 0.396 e. The minimum Gasteiger partial charge on any atom is -0.299 e. The first kappa shape index (κ1) is 22.5. The van der Waals surface area contributed by atoms with Crippen molar-refractivity contribution in [2.24, 2.45) is 11.8 Å². The Kier molecular flexibility index (Phi) is 7.25. The Bertz CT molecular complexity index is 709. The highest BCUT2D eigenvalue weighted by Crippen LogP contribution is 2.42. The van der Waals surface area contributed by atoms with Crippen molar-refractivity contribution < 1.29 is 21.6 Å². The van der Waals surface area contributed by atoms with Crippen molar-refractivity contribution in [2.45, 2.75) is 44.3 Å². The second-order valence-corrected chi connectivity index (χ2v) is 10.1. The lowest BCUT2D eigenvalue weighted by Crippen LogP contribution is -2.33. The molecule has 1 atom stereocenters. The van der Waals surface area contributed by atoms with E-state index in [4.69, 9.17) is 0 Å². The third kappa shape index (κ3) is 6.64. The number of halogens is 4. The summed E-state index contributed by atoms with van der Waals surface area (Å²) in [4.78, 5) is 2.35. The summed E-state index contributed by atoms with van der Waals surface area (Å²) < 4.78 is 62.5. The molecule has 154 valence electrons. The van der Waals surface area contributed by atoms with Crippen molar-refractivity contribution in [1.29, 1.82) is 0 Å². The van der Waals surface area contributed by atoms with Crippen LogP contribution in [0.15, 0.2) is 24.3 Å². The Hall–Kier alpha value is -0.790. The molecule has 0 bridgehead atoms. The smallest absolute Gasteiger partial charge is 0.299 e. The Balaban J connectivity index is 0.00000261. The number of hydrogen-bond acceptors (Lipinski definition) is 3. The second kappa shape index (κ2) is 8.70. The maximum absolute atomic E-state index is 13.2. The van der Waals surface area contributed by atoms with Crippen LogP contribution in [0, 0.1) is 11.8 Å². The minimum absolute atomic E-state index is 0. The number of piperidine rings is 1. The summed E-state index contributed by atoms with van der Waals surface area (Å²) in [5.41, 5.74) is 0.984. The first-order chi connectivity index (χ1) is 12.1. The van der Waals surface area contributed by atoms with E-state index in [0.717, 1.165) is 43.3 Å². The molecule has 0 radical (unpaired) electrons. The van der Waals surface area contributed by atoms with Crippen molar-refractivity contribution in [3.05, 3.63) is 35.4 Å². The highest BCUT2D eigenvalue weighted by Gasteiger charge is 2.42. The van der Waals surface area contributed by atoms with Gasteiger partial charge in [-0.05, 0) is 61.7 Å². The molecule has 2 fully saturated rings. The maximum atomic E-state index is 13.2. The van der Waals surface area contributed by atoms with E-state index in [1.165, 1.54) is 37.8 Å². The van der Waals surface area contributed by atoms with Gasteiger partial charge in [0, 0.05) is 12.8 Å². The number of benzene rings is 1. The predicted octanol–water partition coefficient (Wildman–Crippen LogP) is 4.42. The molecule has 27 heavy (non-hydrogen) atoms. The van der Waals surface area contributed by atoms with Crippen molar-refractivity contribution in [3.63, 3.8) is 0 Å². The fourth-order valence-electron chi connectivity index (χ4n) is 3.95. The van der Waals surface area contributed by atoms with Crippen LogP contribution in [-0.4, -0.2) is 44.6 Å². The van der Waals surface area contributed by atoms with Gasteiger partial charge in [0.1, 0.15) is 9.84 Å². The molecule has 1 aliphatic heterocycles. The van der Waals surface area contributed by atoms with E-state index in [-0.39, 0.29) is 18.0 Å². The van der Waals surface area contributed by atoms with Gasteiger partial charge in [-0.25, -0.2) is 8.42 Å². The topological polar surface area (TPSA) is 37.4 Å². The molecule has 8 heteroatoms. The molecule has 3 nitrogen and oxygen atoms in total. The summed E-state index contributed by atoms with van der Waals surface area (Å²) >= 11 is 0. The van der Waals surface area contributed by atoms with Crippen LogP contribution < -0.4 is 0 Å². The fourth-order valence-corrected chi connectivity index (χ4v) is 4.93. The molecule has 1 aromatic rings. The van der Waals surface area contributed by atoms with Crippen molar-refractivity contribution in [1.82, 2.24) is 4.90 Å². The summed E-state index contributed by atoms with van der Waals surface area (Å²) in [6, 6.07) is 6.25. The quantitative estimate of drug-likeness (QED) is 0.677. The van der Waals surface area contributed by atoms with Gasteiger partial charge in [-0.3, -0.25) is 4.90 Å². The molecule has 1 heterocycles. The van der Waals surface area contributed by atoms with Gasteiger partial charge < -0.3 is 0 Å². The zero-order valence-corrected chi connectivity index (χ0v) is 17.0. The van der Waals surface area contributed by atoms with E-state index in [2.05, 4.69) is 4.90 Å². The number of sulfone groups is 1. The van der Waals surface area contributed by atoms with Gasteiger partial charge in [0.15, 0.2) is 0 Å². The molecule has 0 N–H and O–H groups in total. The number of alkyl halides is 3. The minimum atomic E-state index is -4.57. The fraction of sp³-hybridized carbons (Fsp3) is 0.684. The van der Waals surface area contributed by atoms with E-state index >= 15 is 0 Å². The molecule has 0 unspecified atom stereocenters. The van der Waals surface area contributed by atoms with Crippen LogP contribution in [0.4, 0.5) is 13.2 Å². The van der Waals surface area contributed by atoms with Crippen LogP contribution in [-0.2, 0) is 16.4 Å². The lowest BCUT2D eigenvalue weighted by Gasteiger charge is -2.32. The average molecular weight is 426 g/mol. The van der Waals surface area contributed by atoms with Crippen LogP contribution in [0.1, 0.15) is 42.7 Å². The normalized spacial score (nSPS) is 20.9. The third-order valence-corrected chi connectivity index (χ3v) is 6.51. The average Bonchev–Trinajstić information content (AvgIpc) is 3.37. The summed E-state index contributed by atoms with van der Waals surface area (Å²) in [7, 11) is -3.72. The van der Waals surface area contributed by atoms with Crippen molar-refractivity contribution >= 4 is 22.2 Å². The summed E-state index contributed by atoms with van der Waals surface area (Å²) in [6.07, 6.45) is 1.45. The molecule has 0 spiro atoms. The van der Waals surface area contributed by atoms with Crippen LogP contribution in [0.5, 0.6) is 0 Å². The predicted molar refractivity (Wildman–Crippen MR) is 103 cm³/mol. The Morgan fingerprint density at radius 1 is 1.04 bits per heavy atom. The van der Waals surface area contributed by atoms with Gasteiger partial charge in [-0.1, -0.05) is 24.3 Å². The van der Waals surface area contributed by atoms with Gasteiger partial charge in [-0.2, -0.15) is 13.2 Å². The molecular formula is C19H27ClF3NO2S. The zero-order chi connectivity index (χ0) is 18.9. The first-order valence-electron chi connectivity index (χ1n) is 9.17. The van der Waals surface area contributed by atoms with E-state index in [0.29, 0.717) is 0 Å². The van der Waals surface area contributed by atoms with Gasteiger partial charge in [-0.15, -0.1) is 12.4 Å². The van der Waals surface area contributed by atoms with E-state index in [1.54, 1.807) is 12.1 Å². The first-order valence-corrected chi connectivity index (χ1v) is 11.2. The van der Waals surface area contributed by atoms with Crippen LogP contribution in [0.25, 0.3) is 0 Å². The molecule has 3 rings (SSSR count). The third-order valence-electron chi connectivity index (χ3n) is 5.57. The monoisotopic (exact) mass is 425 g/mol. The zero-order valence-electron chi connectivity index (χ0n) is 15.4. The molecule has 1 aromatic carbocycles. The SMILES string of the molecule is CS(=O)(=O)C[C@@H](c1ccc(CN2CCC(C3CC3)CC2)cc1)C(F)(F)F.Cl. The number of nitrogens with zero attached hydrogens (tertiary/aromatic N) is 1. The summed E-state index contributed by atoms with van der Waals surface area (Å²) in [5.74, 6) is -1.09. The Labute approximate surface area is 165 Å². The van der Waals surface area contributed by atoms with Crippen LogP contribution >= 0.6 is 12.4 Å². The Morgan fingerprint density at radius 3 is 2.00 bits per heavy atom.